The van der Waals surface area contributed by atoms with Crippen LogP contribution in [0.1, 0.15) is 0 Å². The zero-order chi connectivity index (χ0) is 11.4. The van der Waals surface area contributed by atoms with Crippen molar-refractivity contribution in [1.29, 1.82) is 0 Å². The second-order valence-corrected chi connectivity index (χ2v) is 6.70. The highest BCUT2D eigenvalue weighted by Crippen LogP contribution is 2.39. The van der Waals surface area contributed by atoms with Gasteiger partial charge in [-0.1, -0.05) is 58.3 Å². The number of primary amides is 2. The van der Waals surface area contributed by atoms with E-state index in [4.69, 9.17) is 46.3 Å². The van der Waals surface area contributed by atoms with Gasteiger partial charge in [0.15, 0.2) is 0 Å². The third-order valence-corrected chi connectivity index (χ3v) is 4.21. The van der Waals surface area contributed by atoms with Crippen molar-refractivity contribution < 1.29 is 9.59 Å². The van der Waals surface area contributed by atoms with E-state index < -0.39 is 19.5 Å². The Hall–Kier alpha value is 0.510. The molecule has 0 fully saturated rings. The molecular formula is C5H7Cl3N2O2S2. The van der Waals surface area contributed by atoms with Crippen molar-refractivity contribution in [2.24, 2.45) is 11.5 Å². The van der Waals surface area contributed by atoms with Gasteiger partial charge in [0, 0.05) is 5.75 Å². The van der Waals surface area contributed by atoms with E-state index >= 15 is 0 Å². The quantitative estimate of drug-likeness (QED) is 0.783. The summed E-state index contributed by atoms with van der Waals surface area (Å²) >= 11 is 18.1. The average Bonchev–Trinajstić information content (AvgIpc) is 1.94. The van der Waals surface area contributed by atoms with Crippen LogP contribution in [0.15, 0.2) is 0 Å². The van der Waals surface area contributed by atoms with Crippen LogP contribution in [0.2, 0.25) is 0 Å². The van der Waals surface area contributed by atoms with E-state index in [-0.39, 0.29) is 5.75 Å². The fraction of sp³-hybridized carbons (Fsp3) is 0.600. The normalized spacial score (nSPS) is 13.6. The minimum Gasteiger partial charge on any atom is -0.361 e. The zero-order valence-electron chi connectivity index (χ0n) is 6.71. The summed E-state index contributed by atoms with van der Waals surface area (Å²) in [4.78, 5) is 21.0. The van der Waals surface area contributed by atoms with Gasteiger partial charge in [-0.15, -0.1) is 0 Å². The van der Waals surface area contributed by atoms with Crippen molar-refractivity contribution in [1.82, 2.24) is 0 Å². The number of amides is 2. The number of halogens is 3. The Morgan fingerprint density at radius 1 is 1.21 bits per heavy atom. The summed E-state index contributed by atoms with van der Waals surface area (Å²) in [5.41, 5.74) is 9.80. The molecule has 0 bridgehead atoms. The first-order chi connectivity index (χ1) is 6.23. The molecule has 1 unspecified atom stereocenters. The summed E-state index contributed by atoms with van der Waals surface area (Å²) in [5.74, 6) is 0.111. The molecule has 1 atom stereocenters. The van der Waals surface area contributed by atoms with Gasteiger partial charge in [0.05, 0.1) is 5.25 Å². The molecule has 0 saturated heterocycles. The van der Waals surface area contributed by atoms with Crippen molar-refractivity contribution in [3.63, 3.8) is 0 Å². The second kappa shape index (κ2) is 6.17. The summed E-state index contributed by atoms with van der Waals surface area (Å²) < 4.78 is -1.66. The molecule has 82 valence electrons. The molecule has 4 nitrogen and oxygen atoms in total. The van der Waals surface area contributed by atoms with Crippen molar-refractivity contribution in [2.75, 3.05) is 5.75 Å². The Balaban J connectivity index is 4.26. The number of nitrogens with two attached hydrogens (primary N) is 2. The molecule has 0 heterocycles. The van der Waals surface area contributed by atoms with Gasteiger partial charge in [0.25, 0.3) is 10.5 Å². The van der Waals surface area contributed by atoms with Crippen molar-refractivity contribution >= 4 is 68.8 Å². The Labute approximate surface area is 104 Å². The highest BCUT2D eigenvalue weighted by Gasteiger charge is 2.34. The van der Waals surface area contributed by atoms with Gasteiger partial charge >= 0.3 is 0 Å². The molecule has 9 heteroatoms. The van der Waals surface area contributed by atoms with Crippen LogP contribution >= 0.6 is 58.3 Å². The molecule has 0 aliphatic heterocycles. The van der Waals surface area contributed by atoms with Crippen molar-refractivity contribution in [2.45, 2.75) is 9.04 Å². The number of hydrogen-bond acceptors (Lipinski definition) is 4. The molecule has 14 heavy (non-hydrogen) atoms. The van der Waals surface area contributed by atoms with Crippen LogP contribution in [0.4, 0.5) is 9.59 Å². The molecule has 0 rings (SSSR count). The van der Waals surface area contributed by atoms with Crippen LogP contribution in [-0.2, 0) is 0 Å². The van der Waals surface area contributed by atoms with Crippen LogP contribution in [0.3, 0.4) is 0 Å². The van der Waals surface area contributed by atoms with E-state index in [2.05, 4.69) is 0 Å². The Kier molecular flexibility index (Phi) is 6.40. The van der Waals surface area contributed by atoms with Crippen LogP contribution in [0.5, 0.6) is 0 Å². The minimum atomic E-state index is -1.66. The molecule has 0 aromatic carbocycles. The summed E-state index contributed by atoms with van der Waals surface area (Å²) in [6.07, 6.45) is 0. The first-order valence-electron chi connectivity index (χ1n) is 3.18. The van der Waals surface area contributed by atoms with Gasteiger partial charge in [-0.2, -0.15) is 0 Å². The number of rotatable bonds is 3. The van der Waals surface area contributed by atoms with Gasteiger partial charge in [-0.05, 0) is 0 Å². The topological polar surface area (TPSA) is 86.2 Å². The lowest BCUT2D eigenvalue weighted by Gasteiger charge is -2.21. The monoisotopic (exact) mass is 296 g/mol. The first-order valence-corrected chi connectivity index (χ1v) is 6.18. The Morgan fingerprint density at radius 3 is 2.00 bits per heavy atom. The molecule has 0 spiro atoms. The second-order valence-electron chi connectivity index (χ2n) is 2.10. The molecular weight excluding hydrogens is 291 g/mol. The predicted molar refractivity (Wildman–Crippen MR) is 63.3 cm³/mol. The van der Waals surface area contributed by atoms with Gasteiger partial charge in [0.2, 0.25) is 3.79 Å². The van der Waals surface area contributed by atoms with Gasteiger partial charge < -0.3 is 11.5 Å². The van der Waals surface area contributed by atoms with E-state index in [0.717, 1.165) is 11.8 Å². The predicted octanol–water partition coefficient (Wildman–Crippen LogP) is 2.35. The summed E-state index contributed by atoms with van der Waals surface area (Å²) in [5, 5.41) is -1.98. The van der Waals surface area contributed by atoms with Gasteiger partial charge in [0.1, 0.15) is 0 Å². The summed E-state index contributed by atoms with van der Waals surface area (Å²) in [6, 6.07) is 0. The van der Waals surface area contributed by atoms with Crippen LogP contribution in [-0.4, -0.2) is 25.3 Å². The number of carbonyl (C=O) groups excluding carboxylic acids is 2. The van der Waals surface area contributed by atoms with E-state index in [9.17, 15) is 9.59 Å². The summed E-state index contributed by atoms with van der Waals surface area (Å²) in [6.45, 7) is 0. The molecule has 0 aromatic rings. The summed E-state index contributed by atoms with van der Waals surface area (Å²) in [7, 11) is 0. The van der Waals surface area contributed by atoms with Crippen LogP contribution < -0.4 is 11.5 Å². The lowest BCUT2D eigenvalue weighted by atomic mass is 10.5. The third-order valence-electron chi connectivity index (χ3n) is 1.00. The largest absolute Gasteiger partial charge is 0.361 e. The standard InChI is InChI=1S/C5H7Cl3N2O2S2/c6-5(7,8)2(14-4(10)12)1-13-3(9)11/h2H,1H2,(H2,9,11)(H2,10,12). The van der Waals surface area contributed by atoms with Gasteiger partial charge in [-0.3, -0.25) is 9.59 Å². The average molecular weight is 298 g/mol. The smallest absolute Gasteiger partial charge is 0.276 e. The van der Waals surface area contributed by atoms with E-state index in [1.165, 1.54) is 0 Å². The maximum absolute atomic E-state index is 10.6. The molecule has 0 aliphatic rings. The highest BCUT2D eigenvalue weighted by atomic mass is 35.6. The fourth-order valence-electron chi connectivity index (χ4n) is 0.493. The van der Waals surface area contributed by atoms with Crippen LogP contribution in [0, 0.1) is 0 Å². The molecule has 0 radical (unpaired) electrons. The van der Waals surface area contributed by atoms with Gasteiger partial charge in [-0.25, -0.2) is 0 Å². The molecule has 0 aliphatic carbocycles. The van der Waals surface area contributed by atoms with Crippen molar-refractivity contribution in [3.05, 3.63) is 0 Å². The molecule has 2 amide bonds. The highest BCUT2D eigenvalue weighted by molar-refractivity contribution is 8.17. The SMILES string of the molecule is NC(=O)SCC(SC(N)=O)C(Cl)(Cl)Cl. The molecule has 0 aromatic heterocycles. The molecule has 0 saturated carbocycles. The Bertz CT molecular complexity index is 234. The maximum Gasteiger partial charge on any atom is 0.276 e. The maximum atomic E-state index is 10.6. The number of thioether (sulfide) groups is 2. The van der Waals surface area contributed by atoms with Crippen LogP contribution in [0.25, 0.3) is 0 Å². The molecule has 4 N–H and O–H groups in total. The zero-order valence-corrected chi connectivity index (χ0v) is 10.6. The minimum absolute atomic E-state index is 0.111. The number of carbonyl (C=O) groups is 2. The third kappa shape index (κ3) is 6.89. The lowest BCUT2D eigenvalue weighted by molar-refractivity contribution is 0.266. The Morgan fingerprint density at radius 2 is 1.71 bits per heavy atom. The van der Waals surface area contributed by atoms with Crippen molar-refractivity contribution in [3.8, 4) is 0 Å². The van der Waals surface area contributed by atoms with E-state index in [1.807, 2.05) is 0 Å². The fourth-order valence-corrected chi connectivity index (χ4v) is 2.86. The number of alkyl halides is 3. The lowest BCUT2D eigenvalue weighted by Crippen LogP contribution is -2.28. The first kappa shape index (κ1) is 14.5. The van der Waals surface area contributed by atoms with E-state index in [0.29, 0.717) is 11.8 Å². The number of hydrogen-bond donors (Lipinski definition) is 2. The van der Waals surface area contributed by atoms with E-state index in [1.54, 1.807) is 0 Å².